The minimum atomic E-state index is -4.42. The van der Waals surface area contributed by atoms with Crippen LogP contribution in [0, 0.1) is 5.41 Å². The molecule has 0 aliphatic carbocycles. The first kappa shape index (κ1) is 21.2. The van der Waals surface area contributed by atoms with Gasteiger partial charge in [-0.05, 0) is 48.9 Å². The maximum absolute atomic E-state index is 12.1. The van der Waals surface area contributed by atoms with Crippen molar-refractivity contribution in [2.75, 3.05) is 0 Å². The van der Waals surface area contributed by atoms with Crippen LogP contribution < -0.4 is 0 Å². The lowest BCUT2D eigenvalue weighted by molar-refractivity contribution is -0.215. The van der Waals surface area contributed by atoms with Crippen LogP contribution in [0.25, 0.3) is 10.8 Å². The molecule has 0 aliphatic rings. The fourth-order valence-corrected chi connectivity index (χ4v) is 2.40. The maximum atomic E-state index is 12.1. The lowest BCUT2D eigenvalue weighted by Crippen LogP contribution is -2.40. The van der Waals surface area contributed by atoms with Crippen molar-refractivity contribution < 1.29 is 18.0 Å². The number of hydrogen-bond donors (Lipinski definition) is 0. The highest BCUT2D eigenvalue weighted by atomic mass is 19.4. The summed E-state index contributed by atoms with van der Waals surface area (Å²) >= 11 is 0. The van der Waals surface area contributed by atoms with E-state index in [1.807, 2.05) is 0 Å². The summed E-state index contributed by atoms with van der Waals surface area (Å²) in [5.41, 5.74) is -0.710. The van der Waals surface area contributed by atoms with E-state index in [-0.39, 0.29) is 6.42 Å². The zero-order valence-corrected chi connectivity index (χ0v) is 15.6. The molecular weight excluding hydrogens is 325 g/mol. The van der Waals surface area contributed by atoms with Gasteiger partial charge in [-0.1, -0.05) is 63.2 Å². The van der Waals surface area contributed by atoms with Crippen LogP contribution >= 0.6 is 0 Å². The fraction of sp³-hybridized carbons (Fsp3) is 0.476. The van der Waals surface area contributed by atoms with Gasteiger partial charge in [-0.2, -0.15) is 13.2 Å². The molecule has 4 heteroatoms. The average Bonchev–Trinajstić information content (AvgIpc) is 2.59. The second kappa shape index (κ2) is 8.50. The van der Waals surface area contributed by atoms with Gasteiger partial charge < -0.3 is 0 Å². The van der Waals surface area contributed by atoms with Crippen LogP contribution in [-0.2, 0) is 4.79 Å². The van der Waals surface area contributed by atoms with E-state index in [1.54, 1.807) is 0 Å². The van der Waals surface area contributed by atoms with Crippen molar-refractivity contribution in [3.8, 4) is 0 Å². The largest absolute Gasteiger partial charge is 0.401 e. The molecule has 2 rings (SSSR count). The first-order valence-electron chi connectivity index (χ1n) is 8.63. The summed E-state index contributed by atoms with van der Waals surface area (Å²) in [6, 6.07) is 15.3. The van der Waals surface area contributed by atoms with Crippen molar-refractivity contribution in [2.24, 2.45) is 5.41 Å². The predicted molar refractivity (Wildman–Crippen MR) is 97.8 cm³/mol. The SMILES string of the molecule is CCC(C)(C(C)=O)C(F)(F)F.CCC(C)c1ccc2ccccc2c1. The van der Waals surface area contributed by atoms with Crippen LogP contribution in [0.15, 0.2) is 42.5 Å². The number of rotatable bonds is 4. The molecule has 0 saturated carbocycles. The van der Waals surface area contributed by atoms with Crippen LogP contribution in [0.1, 0.15) is 58.9 Å². The number of halogens is 3. The van der Waals surface area contributed by atoms with E-state index in [1.165, 1.54) is 29.7 Å². The highest BCUT2D eigenvalue weighted by molar-refractivity contribution is 5.83. The molecule has 0 N–H and O–H groups in total. The predicted octanol–water partition coefficient (Wildman–Crippen LogP) is 6.91. The van der Waals surface area contributed by atoms with Crippen LogP contribution in [0.4, 0.5) is 13.2 Å². The Kier molecular flexibility index (Phi) is 7.21. The smallest absolute Gasteiger partial charge is 0.299 e. The molecule has 0 spiro atoms. The molecule has 2 aromatic rings. The Labute approximate surface area is 148 Å². The summed E-state index contributed by atoms with van der Waals surface area (Å²) < 4.78 is 36.4. The van der Waals surface area contributed by atoms with Gasteiger partial charge in [-0.3, -0.25) is 4.79 Å². The summed E-state index contributed by atoms with van der Waals surface area (Å²) in [7, 11) is 0. The minimum absolute atomic E-state index is 0.203. The summed E-state index contributed by atoms with van der Waals surface area (Å²) in [6.07, 6.45) is -3.42. The Morgan fingerprint density at radius 2 is 1.60 bits per heavy atom. The van der Waals surface area contributed by atoms with Gasteiger partial charge in [0.25, 0.3) is 0 Å². The molecule has 0 bridgehead atoms. The third kappa shape index (κ3) is 5.07. The van der Waals surface area contributed by atoms with E-state index < -0.39 is 17.4 Å². The van der Waals surface area contributed by atoms with Gasteiger partial charge in [0.1, 0.15) is 11.2 Å². The molecule has 0 saturated heterocycles. The third-order valence-corrected chi connectivity index (χ3v) is 5.06. The molecule has 0 aliphatic heterocycles. The molecule has 1 nitrogen and oxygen atoms in total. The quantitative estimate of drug-likeness (QED) is 0.584. The van der Waals surface area contributed by atoms with Crippen molar-refractivity contribution in [3.63, 3.8) is 0 Å². The molecule has 2 aromatic carbocycles. The highest BCUT2D eigenvalue weighted by Gasteiger charge is 2.53. The van der Waals surface area contributed by atoms with E-state index >= 15 is 0 Å². The van der Waals surface area contributed by atoms with E-state index in [0.717, 1.165) is 13.8 Å². The maximum Gasteiger partial charge on any atom is 0.401 e. The van der Waals surface area contributed by atoms with E-state index in [2.05, 4.69) is 56.3 Å². The van der Waals surface area contributed by atoms with Crippen molar-refractivity contribution >= 4 is 16.6 Å². The number of alkyl halides is 3. The zero-order valence-electron chi connectivity index (χ0n) is 15.6. The lowest BCUT2D eigenvalue weighted by Gasteiger charge is -2.27. The molecule has 0 amide bonds. The van der Waals surface area contributed by atoms with Crippen molar-refractivity contribution in [1.29, 1.82) is 0 Å². The number of carbonyl (C=O) groups excluding carboxylic acids is 1. The van der Waals surface area contributed by atoms with Crippen LogP contribution in [-0.4, -0.2) is 12.0 Å². The molecule has 2 unspecified atom stereocenters. The second-order valence-corrected chi connectivity index (χ2v) is 6.66. The first-order chi connectivity index (χ1) is 11.6. The Balaban J connectivity index is 0.000000260. The zero-order chi connectivity index (χ0) is 19.3. The van der Waals surface area contributed by atoms with Crippen LogP contribution in [0.5, 0.6) is 0 Å². The number of ketones is 1. The van der Waals surface area contributed by atoms with Crippen LogP contribution in [0.2, 0.25) is 0 Å². The Hall–Kier alpha value is -1.84. The first-order valence-corrected chi connectivity index (χ1v) is 8.63. The highest BCUT2D eigenvalue weighted by Crippen LogP contribution is 2.41. The van der Waals surface area contributed by atoms with Gasteiger partial charge in [-0.25, -0.2) is 0 Å². The summed E-state index contributed by atoms with van der Waals surface area (Å²) in [5, 5.41) is 2.69. The third-order valence-electron chi connectivity index (χ3n) is 5.06. The number of Topliss-reactive ketones (excluding diaryl/α,β-unsaturated/α-hetero) is 1. The molecular formula is C21H27F3O. The minimum Gasteiger partial charge on any atom is -0.299 e. The summed E-state index contributed by atoms with van der Waals surface area (Å²) in [6.45, 7) is 7.77. The van der Waals surface area contributed by atoms with E-state index in [9.17, 15) is 18.0 Å². The summed E-state index contributed by atoms with van der Waals surface area (Å²) in [5.74, 6) is -0.160. The van der Waals surface area contributed by atoms with Gasteiger partial charge in [-0.15, -0.1) is 0 Å². The fourth-order valence-electron chi connectivity index (χ4n) is 2.40. The molecule has 0 radical (unpaired) electrons. The number of fused-ring (bicyclic) bond motifs is 1. The Morgan fingerprint density at radius 1 is 1.04 bits per heavy atom. The molecule has 0 heterocycles. The average molecular weight is 352 g/mol. The van der Waals surface area contributed by atoms with Gasteiger partial charge in [0, 0.05) is 0 Å². The standard InChI is InChI=1S/C14H16.C7H11F3O/c1-3-11(2)13-9-8-12-6-4-5-7-14(12)10-13;1-4-6(3,5(2)11)7(8,9)10/h4-11H,3H2,1-2H3;4H2,1-3H3. The van der Waals surface area contributed by atoms with Gasteiger partial charge >= 0.3 is 6.18 Å². The Morgan fingerprint density at radius 3 is 2.00 bits per heavy atom. The molecule has 25 heavy (non-hydrogen) atoms. The second-order valence-electron chi connectivity index (χ2n) is 6.66. The normalized spacial score (nSPS) is 15.0. The van der Waals surface area contributed by atoms with E-state index in [0.29, 0.717) is 5.92 Å². The molecule has 138 valence electrons. The number of benzene rings is 2. The number of carbonyl (C=O) groups is 1. The van der Waals surface area contributed by atoms with Gasteiger partial charge in [0.15, 0.2) is 0 Å². The summed E-state index contributed by atoms with van der Waals surface area (Å²) in [4.78, 5) is 10.6. The van der Waals surface area contributed by atoms with Gasteiger partial charge in [0.2, 0.25) is 0 Å². The lowest BCUT2D eigenvalue weighted by atomic mass is 9.83. The monoisotopic (exact) mass is 352 g/mol. The Bertz CT molecular complexity index is 706. The molecule has 2 atom stereocenters. The van der Waals surface area contributed by atoms with Crippen molar-refractivity contribution in [1.82, 2.24) is 0 Å². The topological polar surface area (TPSA) is 17.1 Å². The van der Waals surface area contributed by atoms with Crippen molar-refractivity contribution in [2.45, 2.75) is 59.6 Å². The molecule has 0 fully saturated rings. The van der Waals surface area contributed by atoms with Crippen molar-refractivity contribution in [3.05, 3.63) is 48.0 Å². The van der Waals surface area contributed by atoms with E-state index in [4.69, 9.17) is 0 Å². The molecule has 0 aromatic heterocycles. The van der Waals surface area contributed by atoms with Crippen LogP contribution in [0.3, 0.4) is 0 Å². The van der Waals surface area contributed by atoms with Gasteiger partial charge in [0.05, 0.1) is 0 Å². The number of hydrogen-bond acceptors (Lipinski definition) is 1.